The smallest absolute Gasteiger partial charge is 0.241 e. The van der Waals surface area contributed by atoms with Crippen LogP contribution in [0.2, 0.25) is 5.02 Å². The van der Waals surface area contributed by atoms with Crippen molar-refractivity contribution in [2.75, 3.05) is 12.4 Å². The van der Waals surface area contributed by atoms with Gasteiger partial charge < -0.3 is 9.26 Å². The van der Waals surface area contributed by atoms with Gasteiger partial charge in [0.1, 0.15) is 17.8 Å². The van der Waals surface area contributed by atoms with Gasteiger partial charge in [0.05, 0.1) is 24.8 Å². The Morgan fingerprint density at radius 1 is 1.19 bits per heavy atom. The quantitative estimate of drug-likeness (QED) is 0.461. The summed E-state index contributed by atoms with van der Waals surface area (Å²) in [5.74, 6) is 0.695. The molecular weight excluding hydrogens is 416 g/mol. The van der Waals surface area contributed by atoms with Crippen molar-refractivity contribution < 1.29 is 14.1 Å². The van der Waals surface area contributed by atoms with Crippen LogP contribution in [0.3, 0.4) is 0 Å². The van der Waals surface area contributed by atoms with Gasteiger partial charge in [0.15, 0.2) is 0 Å². The number of methoxy groups -OCH3 is 1. The van der Waals surface area contributed by atoms with Crippen LogP contribution >= 0.6 is 11.6 Å². The second-order valence-electron chi connectivity index (χ2n) is 6.83. The number of rotatable bonds is 6. The van der Waals surface area contributed by atoms with Gasteiger partial charge in [0, 0.05) is 16.8 Å². The summed E-state index contributed by atoms with van der Waals surface area (Å²) in [6.45, 7) is 1.94. The molecule has 0 aliphatic rings. The van der Waals surface area contributed by atoms with E-state index in [1.807, 2.05) is 37.3 Å². The first-order valence-corrected chi connectivity index (χ1v) is 9.89. The Hall–Kier alpha value is -3.71. The highest BCUT2D eigenvalue weighted by atomic mass is 35.5. The predicted molar refractivity (Wildman–Crippen MR) is 118 cm³/mol. The molecule has 7 nitrogen and oxygen atoms in total. The van der Waals surface area contributed by atoms with Crippen LogP contribution in [0, 0.1) is 6.92 Å². The molecule has 2 heterocycles. The van der Waals surface area contributed by atoms with Crippen LogP contribution in [0.5, 0.6) is 5.75 Å². The van der Waals surface area contributed by atoms with Crippen LogP contribution < -0.4 is 10.1 Å². The average Bonchev–Trinajstić information content (AvgIpc) is 3.19. The molecule has 4 aromatic rings. The first kappa shape index (κ1) is 20.6. The van der Waals surface area contributed by atoms with Crippen molar-refractivity contribution >= 4 is 23.4 Å². The molecule has 0 aliphatic carbocycles. The zero-order valence-electron chi connectivity index (χ0n) is 16.9. The van der Waals surface area contributed by atoms with E-state index in [2.05, 4.69) is 20.4 Å². The Bertz CT molecular complexity index is 1220. The third-order valence-corrected chi connectivity index (χ3v) is 5.13. The van der Waals surface area contributed by atoms with Gasteiger partial charge in [0.2, 0.25) is 11.8 Å². The van der Waals surface area contributed by atoms with Gasteiger partial charge in [-0.3, -0.25) is 10.1 Å². The van der Waals surface area contributed by atoms with Gasteiger partial charge in [-0.05, 0) is 48.4 Å². The van der Waals surface area contributed by atoms with E-state index >= 15 is 0 Å². The molecule has 0 saturated carbocycles. The highest BCUT2D eigenvalue weighted by Gasteiger charge is 2.23. The second kappa shape index (κ2) is 8.97. The molecule has 0 saturated heterocycles. The summed E-state index contributed by atoms with van der Waals surface area (Å²) in [6.07, 6.45) is 3.15. The molecule has 0 unspecified atom stereocenters. The maximum Gasteiger partial charge on any atom is 0.241 e. The zero-order chi connectivity index (χ0) is 21.8. The lowest BCUT2D eigenvalue weighted by atomic mass is 10.0. The van der Waals surface area contributed by atoms with Gasteiger partial charge >= 0.3 is 0 Å². The summed E-state index contributed by atoms with van der Waals surface area (Å²) in [4.78, 5) is 21.0. The van der Waals surface area contributed by atoms with Gasteiger partial charge in [0.25, 0.3) is 0 Å². The zero-order valence-corrected chi connectivity index (χ0v) is 17.7. The van der Waals surface area contributed by atoms with Crippen molar-refractivity contribution in [2.24, 2.45) is 0 Å². The average molecular weight is 435 g/mol. The first-order valence-electron chi connectivity index (χ1n) is 9.51. The Morgan fingerprint density at radius 3 is 2.74 bits per heavy atom. The maximum absolute atomic E-state index is 12.7. The monoisotopic (exact) mass is 434 g/mol. The van der Waals surface area contributed by atoms with E-state index in [9.17, 15) is 4.79 Å². The molecule has 0 radical (unpaired) electrons. The Morgan fingerprint density at radius 2 is 2.03 bits per heavy atom. The SMILES string of the molecule is COc1ccc(-c2noc(NC(=O)Cc3ccccc3Cl)c2-c2ccncn2)cc1C. The summed E-state index contributed by atoms with van der Waals surface area (Å²) < 4.78 is 10.9. The van der Waals surface area contributed by atoms with Crippen LogP contribution in [0.1, 0.15) is 11.1 Å². The van der Waals surface area contributed by atoms with Crippen LogP contribution in [0.15, 0.2) is 65.6 Å². The highest BCUT2D eigenvalue weighted by molar-refractivity contribution is 6.31. The summed E-state index contributed by atoms with van der Waals surface area (Å²) in [5.41, 5.74) is 4.17. The number of nitrogens with one attached hydrogen (secondary N) is 1. The minimum atomic E-state index is -0.281. The lowest BCUT2D eigenvalue weighted by Gasteiger charge is -2.08. The third kappa shape index (κ3) is 4.41. The molecule has 0 bridgehead atoms. The lowest BCUT2D eigenvalue weighted by Crippen LogP contribution is -2.14. The number of nitrogens with zero attached hydrogens (tertiary/aromatic N) is 3. The molecule has 8 heteroatoms. The summed E-state index contributed by atoms with van der Waals surface area (Å²) in [6, 6.07) is 14.6. The van der Waals surface area contributed by atoms with Crippen molar-refractivity contribution in [3.63, 3.8) is 0 Å². The lowest BCUT2D eigenvalue weighted by molar-refractivity contribution is -0.115. The van der Waals surface area contributed by atoms with Gasteiger partial charge in [-0.25, -0.2) is 9.97 Å². The van der Waals surface area contributed by atoms with E-state index in [4.69, 9.17) is 20.9 Å². The number of ether oxygens (including phenoxy) is 1. The molecule has 2 aromatic carbocycles. The fourth-order valence-electron chi connectivity index (χ4n) is 3.26. The predicted octanol–water partition coefficient (Wildman–Crippen LogP) is 4.95. The van der Waals surface area contributed by atoms with Crippen molar-refractivity contribution in [3.05, 3.63) is 77.2 Å². The fourth-order valence-corrected chi connectivity index (χ4v) is 3.46. The molecule has 0 aliphatic heterocycles. The minimum absolute atomic E-state index is 0.0978. The molecule has 0 spiro atoms. The molecular formula is C23H19ClN4O3. The van der Waals surface area contributed by atoms with Gasteiger partial charge in [-0.2, -0.15) is 0 Å². The largest absolute Gasteiger partial charge is 0.496 e. The number of aromatic nitrogens is 3. The molecule has 4 rings (SSSR count). The number of hydrogen-bond acceptors (Lipinski definition) is 6. The number of aryl methyl sites for hydroxylation is 1. The molecule has 1 amide bonds. The van der Waals surface area contributed by atoms with Crippen molar-refractivity contribution in [2.45, 2.75) is 13.3 Å². The van der Waals surface area contributed by atoms with E-state index in [0.717, 1.165) is 22.4 Å². The Kier molecular flexibility index (Phi) is 5.95. The van der Waals surface area contributed by atoms with E-state index in [-0.39, 0.29) is 18.2 Å². The molecule has 0 atom stereocenters. The highest BCUT2D eigenvalue weighted by Crippen LogP contribution is 2.38. The minimum Gasteiger partial charge on any atom is -0.496 e. The number of amides is 1. The number of benzene rings is 2. The second-order valence-corrected chi connectivity index (χ2v) is 7.24. The number of halogens is 1. The number of carbonyl (C=O) groups is 1. The normalized spacial score (nSPS) is 10.7. The van der Waals surface area contributed by atoms with Crippen molar-refractivity contribution in [1.29, 1.82) is 0 Å². The maximum atomic E-state index is 12.7. The van der Waals surface area contributed by atoms with Crippen LogP contribution in [-0.4, -0.2) is 28.1 Å². The van der Waals surface area contributed by atoms with Crippen molar-refractivity contribution in [3.8, 4) is 28.3 Å². The molecule has 2 aromatic heterocycles. The number of carbonyl (C=O) groups excluding carboxylic acids is 1. The van der Waals surface area contributed by atoms with Crippen molar-refractivity contribution in [1.82, 2.24) is 15.1 Å². The van der Waals surface area contributed by atoms with Crippen LogP contribution in [0.4, 0.5) is 5.88 Å². The van der Waals surface area contributed by atoms with E-state index in [1.165, 1.54) is 6.33 Å². The molecule has 156 valence electrons. The van der Waals surface area contributed by atoms with Gasteiger partial charge in [-0.1, -0.05) is 35.0 Å². The summed E-state index contributed by atoms with van der Waals surface area (Å²) in [7, 11) is 1.62. The van der Waals surface area contributed by atoms with Crippen LogP contribution in [-0.2, 0) is 11.2 Å². The Labute approximate surface area is 184 Å². The molecule has 1 N–H and O–H groups in total. The fraction of sp³-hybridized carbons (Fsp3) is 0.130. The van der Waals surface area contributed by atoms with Crippen LogP contribution in [0.25, 0.3) is 22.5 Å². The van der Waals surface area contributed by atoms with E-state index in [1.54, 1.807) is 31.5 Å². The summed E-state index contributed by atoms with van der Waals surface area (Å²) >= 11 is 6.18. The van der Waals surface area contributed by atoms with Gasteiger partial charge in [-0.15, -0.1) is 0 Å². The summed E-state index contributed by atoms with van der Waals surface area (Å²) in [5, 5.41) is 7.55. The third-order valence-electron chi connectivity index (χ3n) is 4.76. The molecule has 0 fully saturated rings. The van der Waals surface area contributed by atoms with E-state index in [0.29, 0.717) is 22.0 Å². The Balaban J connectivity index is 1.71. The number of anilines is 1. The van der Waals surface area contributed by atoms with E-state index < -0.39 is 0 Å². The number of hydrogen-bond donors (Lipinski definition) is 1. The molecule has 31 heavy (non-hydrogen) atoms. The standard InChI is InChI=1S/C23H19ClN4O3/c1-14-11-16(7-8-19(14)30-2)22-21(18-9-10-25-13-26-18)23(31-28-22)27-20(29)12-15-5-3-4-6-17(15)24/h3-11,13H,12H2,1-2H3,(H,27,29). The topological polar surface area (TPSA) is 90.1 Å². The first-order chi connectivity index (χ1) is 15.1.